The number of fused-ring (bicyclic) bond motifs is 1. The molecule has 0 aromatic carbocycles. The highest BCUT2D eigenvalue weighted by atomic mass is 15.4. The summed E-state index contributed by atoms with van der Waals surface area (Å²) in [7, 11) is 6.16. The summed E-state index contributed by atoms with van der Waals surface area (Å²) in [5.74, 6) is 3.77. The lowest BCUT2D eigenvalue weighted by atomic mass is 10.1. The molecule has 2 aromatic rings. The van der Waals surface area contributed by atoms with E-state index in [1.54, 1.807) is 0 Å². The quantitative estimate of drug-likeness (QED) is 0.870. The molecule has 7 heteroatoms. The third kappa shape index (κ3) is 3.71. The van der Waals surface area contributed by atoms with Crippen LogP contribution in [-0.4, -0.2) is 38.6 Å². The molecule has 25 heavy (non-hydrogen) atoms. The van der Waals surface area contributed by atoms with Crippen LogP contribution in [0.4, 0.5) is 5.82 Å². The number of hydrogen-bond acceptors (Lipinski definition) is 5. The molecule has 0 fully saturated rings. The molecule has 1 aliphatic rings. The van der Waals surface area contributed by atoms with Crippen LogP contribution in [0.1, 0.15) is 61.9 Å². The maximum Gasteiger partial charge on any atom is 0.147 e. The number of hydrogen-bond donors (Lipinski definition) is 1. The third-order valence-corrected chi connectivity index (χ3v) is 4.88. The number of rotatable bonds is 6. The van der Waals surface area contributed by atoms with Crippen LogP contribution in [0, 0.1) is 0 Å². The highest BCUT2D eigenvalue weighted by molar-refractivity contribution is 5.50. The van der Waals surface area contributed by atoms with Crippen LogP contribution in [0.15, 0.2) is 0 Å². The Morgan fingerprint density at radius 3 is 2.64 bits per heavy atom. The molecule has 3 rings (SSSR count). The summed E-state index contributed by atoms with van der Waals surface area (Å²) in [6, 6.07) is 0. The minimum Gasteiger partial charge on any atom is -0.363 e. The molecular weight excluding hydrogens is 314 g/mol. The lowest BCUT2D eigenvalue weighted by Gasteiger charge is -2.16. The Labute approximate surface area is 150 Å². The molecule has 1 aliphatic heterocycles. The molecule has 3 heterocycles. The van der Waals surface area contributed by atoms with Crippen molar-refractivity contribution in [3.63, 3.8) is 0 Å². The van der Waals surface area contributed by atoms with Gasteiger partial charge in [-0.3, -0.25) is 4.68 Å². The van der Waals surface area contributed by atoms with Gasteiger partial charge in [-0.1, -0.05) is 20.3 Å². The molecule has 7 nitrogen and oxygen atoms in total. The maximum absolute atomic E-state index is 4.73. The first-order valence-electron chi connectivity index (χ1n) is 9.33. The van der Waals surface area contributed by atoms with Crippen LogP contribution in [0.2, 0.25) is 0 Å². The fourth-order valence-corrected chi connectivity index (χ4v) is 3.75. The van der Waals surface area contributed by atoms with Crippen molar-refractivity contribution in [1.29, 1.82) is 0 Å². The van der Waals surface area contributed by atoms with E-state index in [0.29, 0.717) is 5.92 Å². The second-order valence-electron chi connectivity index (χ2n) is 7.46. The second kappa shape index (κ2) is 7.56. The van der Waals surface area contributed by atoms with Gasteiger partial charge in [0.15, 0.2) is 0 Å². The van der Waals surface area contributed by atoms with E-state index in [2.05, 4.69) is 52.9 Å². The van der Waals surface area contributed by atoms with Crippen molar-refractivity contribution in [2.24, 2.45) is 7.05 Å². The second-order valence-corrected chi connectivity index (χ2v) is 7.46. The molecule has 138 valence electrons. The Morgan fingerprint density at radius 2 is 1.92 bits per heavy atom. The standard InChI is InChI=1S/C18H31N7/c1-13(2)17-14(18(23(3)4)24(5)22-17)11-19-12-16-21-20-15-9-7-6-8-10-25(15)16/h13,19H,6-12H2,1-5H3. The van der Waals surface area contributed by atoms with Gasteiger partial charge in [-0.15, -0.1) is 10.2 Å². The Morgan fingerprint density at radius 1 is 1.12 bits per heavy atom. The van der Waals surface area contributed by atoms with E-state index in [-0.39, 0.29) is 0 Å². The van der Waals surface area contributed by atoms with E-state index in [4.69, 9.17) is 5.10 Å². The smallest absolute Gasteiger partial charge is 0.147 e. The van der Waals surface area contributed by atoms with Gasteiger partial charge in [-0.2, -0.15) is 5.10 Å². The molecule has 0 saturated carbocycles. The van der Waals surface area contributed by atoms with Gasteiger partial charge in [0.2, 0.25) is 0 Å². The highest BCUT2D eigenvalue weighted by Gasteiger charge is 2.20. The Balaban J connectivity index is 1.73. The van der Waals surface area contributed by atoms with Crippen molar-refractivity contribution in [3.05, 3.63) is 22.9 Å². The van der Waals surface area contributed by atoms with Crippen LogP contribution in [-0.2, 0) is 33.1 Å². The molecule has 1 N–H and O–H groups in total. The van der Waals surface area contributed by atoms with Gasteiger partial charge in [0.1, 0.15) is 17.5 Å². The zero-order valence-electron chi connectivity index (χ0n) is 16.2. The largest absolute Gasteiger partial charge is 0.363 e. The number of nitrogens with zero attached hydrogens (tertiary/aromatic N) is 6. The third-order valence-electron chi connectivity index (χ3n) is 4.88. The van der Waals surface area contributed by atoms with E-state index in [9.17, 15) is 0 Å². The molecule has 0 aliphatic carbocycles. The van der Waals surface area contributed by atoms with Crippen molar-refractivity contribution in [3.8, 4) is 0 Å². The summed E-state index contributed by atoms with van der Waals surface area (Å²) in [6.45, 7) is 6.98. The average Bonchev–Trinajstić information content (AvgIpc) is 2.99. The van der Waals surface area contributed by atoms with Crippen molar-refractivity contribution in [1.82, 2.24) is 29.9 Å². The van der Waals surface area contributed by atoms with E-state index >= 15 is 0 Å². The zero-order chi connectivity index (χ0) is 18.0. The number of aryl methyl sites for hydroxylation is 2. The lowest BCUT2D eigenvalue weighted by molar-refractivity contribution is 0.571. The maximum atomic E-state index is 4.73. The minimum atomic E-state index is 0.404. The predicted molar refractivity (Wildman–Crippen MR) is 99.7 cm³/mol. The minimum absolute atomic E-state index is 0.404. The molecular formula is C18H31N7. The first-order valence-corrected chi connectivity index (χ1v) is 9.33. The van der Waals surface area contributed by atoms with Gasteiger partial charge < -0.3 is 14.8 Å². The van der Waals surface area contributed by atoms with Gasteiger partial charge in [-0.05, 0) is 18.8 Å². The topological polar surface area (TPSA) is 63.8 Å². The van der Waals surface area contributed by atoms with E-state index in [0.717, 1.165) is 43.5 Å². The van der Waals surface area contributed by atoms with Crippen LogP contribution in [0.3, 0.4) is 0 Å². The highest BCUT2D eigenvalue weighted by Crippen LogP contribution is 2.27. The number of anilines is 1. The average molecular weight is 345 g/mol. The Hall–Kier alpha value is -1.89. The van der Waals surface area contributed by atoms with Crippen molar-refractivity contribution >= 4 is 5.82 Å². The molecule has 0 spiro atoms. The summed E-state index contributed by atoms with van der Waals surface area (Å²) in [6.07, 6.45) is 4.79. The van der Waals surface area contributed by atoms with Crippen molar-refractivity contribution in [2.75, 3.05) is 19.0 Å². The van der Waals surface area contributed by atoms with E-state index in [1.807, 2.05) is 11.7 Å². The molecule has 0 atom stereocenters. The van der Waals surface area contributed by atoms with Gasteiger partial charge in [0.05, 0.1) is 12.2 Å². The zero-order valence-corrected chi connectivity index (χ0v) is 16.2. The first-order chi connectivity index (χ1) is 12.0. The molecule has 0 amide bonds. The van der Waals surface area contributed by atoms with Crippen LogP contribution in [0.5, 0.6) is 0 Å². The molecule has 2 aromatic heterocycles. The van der Waals surface area contributed by atoms with E-state index < -0.39 is 0 Å². The first kappa shape index (κ1) is 17.9. The molecule has 0 saturated heterocycles. The van der Waals surface area contributed by atoms with Crippen molar-refractivity contribution < 1.29 is 0 Å². The normalized spacial score (nSPS) is 14.6. The summed E-state index contributed by atoms with van der Waals surface area (Å²) in [5.41, 5.74) is 2.44. The van der Waals surface area contributed by atoms with Crippen LogP contribution >= 0.6 is 0 Å². The lowest BCUT2D eigenvalue weighted by Crippen LogP contribution is -2.21. The fraction of sp³-hybridized carbons (Fsp3) is 0.722. The van der Waals surface area contributed by atoms with Gasteiger partial charge >= 0.3 is 0 Å². The molecule has 0 unspecified atom stereocenters. The SMILES string of the molecule is CC(C)c1nn(C)c(N(C)C)c1CNCc1nnc2n1CCCCC2. The Bertz CT molecular complexity index is 711. The van der Waals surface area contributed by atoms with Gasteiger partial charge in [-0.25, -0.2) is 0 Å². The summed E-state index contributed by atoms with van der Waals surface area (Å²) in [5, 5.41) is 17.1. The van der Waals surface area contributed by atoms with Crippen molar-refractivity contribution in [2.45, 2.75) is 65.1 Å². The monoisotopic (exact) mass is 345 g/mol. The van der Waals surface area contributed by atoms with Gasteiger partial charge in [0.25, 0.3) is 0 Å². The van der Waals surface area contributed by atoms with Crippen LogP contribution in [0.25, 0.3) is 0 Å². The van der Waals surface area contributed by atoms with E-state index in [1.165, 1.54) is 30.5 Å². The number of aromatic nitrogens is 5. The summed E-state index contributed by atoms with van der Waals surface area (Å²) >= 11 is 0. The predicted octanol–water partition coefficient (Wildman–Crippen LogP) is 2.22. The van der Waals surface area contributed by atoms with Crippen LogP contribution < -0.4 is 10.2 Å². The molecule has 0 bridgehead atoms. The summed E-state index contributed by atoms with van der Waals surface area (Å²) < 4.78 is 4.29. The fourth-order valence-electron chi connectivity index (χ4n) is 3.75. The summed E-state index contributed by atoms with van der Waals surface area (Å²) in [4.78, 5) is 2.14. The number of nitrogens with one attached hydrogen (secondary N) is 1. The van der Waals surface area contributed by atoms with Gasteiger partial charge in [0, 0.05) is 46.2 Å². The Kier molecular flexibility index (Phi) is 5.42. The molecule has 0 radical (unpaired) electrons.